The summed E-state index contributed by atoms with van der Waals surface area (Å²) in [5, 5.41) is 6.34. The Balaban J connectivity index is 0.00000364. The molecule has 0 aromatic carbocycles. The van der Waals surface area contributed by atoms with Crippen molar-refractivity contribution in [2.24, 2.45) is 16.8 Å². The monoisotopic (exact) mass is 507 g/mol. The molecule has 1 unspecified atom stereocenters. The lowest BCUT2D eigenvalue weighted by atomic mass is 9.87. The van der Waals surface area contributed by atoms with Crippen LogP contribution in [0.5, 0.6) is 0 Å². The molecule has 0 bridgehead atoms. The van der Waals surface area contributed by atoms with Crippen LogP contribution < -0.4 is 10.6 Å². The third kappa shape index (κ3) is 6.89. The lowest BCUT2D eigenvalue weighted by molar-refractivity contribution is 0.0958. The van der Waals surface area contributed by atoms with E-state index in [-0.39, 0.29) is 29.9 Å². The minimum absolute atomic E-state index is 0. The number of hydrogen-bond donors (Lipinski definition) is 2. The minimum Gasteiger partial charge on any atom is -0.357 e. The van der Waals surface area contributed by atoms with Crippen molar-refractivity contribution in [2.45, 2.75) is 47.0 Å². The van der Waals surface area contributed by atoms with E-state index in [2.05, 4.69) is 41.3 Å². The van der Waals surface area contributed by atoms with Crippen LogP contribution in [-0.4, -0.2) is 54.5 Å². The fourth-order valence-corrected chi connectivity index (χ4v) is 4.40. The van der Waals surface area contributed by atoms with Crippen molar-refractivity contribution >= 4 is 47.2 Å². The van der Waals surface area contributed by atoms with Gasteiger partial charge in [-0.15, -0.1) is 35.3 Å². The first-order chi connectivity index (χ1) is 12.6. The summed E-state index contributed by atoms with van der Waals surface area (Å²) >= 11 is 1.38. The van der Waals surface area contributed by atoms with Crippen LogP contribution in [0, 0.1) is 18.8 Å². The number of nitrogens with one attached hydrogen (secondary N) is 2. The van der Waals surface area contributed by atoms with E-state index in [1.165, 1.54) is 30.6 Å². The zero-order valence-electron chi connectivity index (χ0n) is 17.0. The van der Waals surface area contributed by atoms with E-state index in [4.69, 9.17) is 4.99 Å². The minimum atomic E-state index is -0.0554. The number of guanidine groups is 1. The van der Waals surface area contributed by atoms with Crippen molar-refractivity contribution in [2.75, 3.05) is 32.7 Å². The summed E-state index contributed by atoms with van der Waals surface area (Å²) in [6, 6.07) is 0. The van der Waals surface area contributed by atoms with Gasteiger partial charge in [-0.05, 0) is 32.1 Å². The molecule has 0 saturated carbocycles. The number of carbonyl (C=O) groups excluding carboxylic acids is 1. The van der Waals surface area contributed by atoms with E-state index < -0.39 is 0 Å². The Kier molecular flexibility index (Phi) is 11.2. The lowest BCUT2D eigenvalue weighted by Gasteiger charge is -2.24. The molecule has 0 aliphatic carbocycles. The second-order valence-corrected chi connectivity index (χ2v) is 7.68. The Morgan fingerprint density at radius 2 is 2.11 bits per heavy atom. The number of hydrogen-bond acceptors (Lipinski definition) is 4. The van der Waals surface area contributed by atoms with Gasteiger partial charge >= 0.3 is 0 Å². The number of nitrogens with zero attached hydrogens (tertiary/aromatic N) is 3. The third-order valence-corrected chi connectivity index (χ3v) is 6.11. The van der Waals surface area contributed by atoms with Crippen molar-refractivity contribution in [3.63, 3.8) is 0 Å². The summed E-state index contributed by atoms with van der Waals surface area (Å²) in [6.07, 6.45) is 3.76. The summed E-state index contributed by atoms with van der Waals surface area (Å²) in [4.78, 5) is 24.0. The molecule has 0 radical (unpaired) electrons. The molecule has 1 amide bonds. The topological polar surface area (TPSA) is 69.6 Å². The Morgan fingerprint density at radius 1 is 1.37 bits per heavy atom. The van der Waals surface area contributed by atoms with Crippen LogP contribution in [-0.2, 0) is 0 Å². The van der Waals surface area contributed by atoms with Crippen LogP contribution in [0.2, 0.25) is 0 Å². The number of aliphatic imine (C=N–C) groups is 1. The lowest BCUT2D eigenvalue weighted by Crippen LogP contribution is -2.41. The van der Waals surface area contributed by atoms with Crippen molar-refractivity contribution in [1.29, 1.82) is 0 Å². The zero-order valence-corrected chi connectivity index (χ0v) is 20.1. The quantitative estimate of drug-likeness (QED) is 0.245. The molecule has 6 nitrogen and oxygen atoms in total. The fraction of sp³-hybridized carbons (Fsp3) is 0.737. The molecule has 2 heterocycles. The van der Waals surface area contributed by atoms with E-state index in [9.17, 15) is 4.79 Å². The molecule has 0 spiro atoms. The van der Waals surface area contributed by atoms with E-state index in [0.717, 1.165) is 43.1 Å². The summed E-state index contributed by atoms with van der Waals surface area (Å²) in [5.74, 6) is 2.50. The molecule has 1 aliphatic heterocycles. The van der Waals surface area contributed by atoms with Crippen LogP contribution in [0.25, 0.3) is 0 Å². The van der Waals surface area contributed by atoms with Gasteiger partial charge in [-0.2, -0.15) is 0 Å². The molecule has 27 heavy (non-hydrogen) atoms. The van der Waals surface area contributed by atoms with E-state index >= 15 is 0 Å². The molecule has 8 heteroatoms. The van der Waals surface area contributed by atoms with Gasteiger partial charge in [0.2, 0.25) is 0 Å². The van der Waals surface area contributed by atoms with Crippen molar-refractivity contribution in [3.05, 3.63) is 16.1 Å². The molecule has 1 fully saturated rings. The van der Waals surface area contributed by atoms with Gasteiger partial charge < -0.3 is 15.5 Å². The Morgan fingerprint density at radius 3 is 2.70 bits per heavy atom. The Hall–Kier alpha value is -0.900. The fourth-order valence-electron chi connectivity index (χ4n) is 3.68. The molecule has 1 atom stereocenters. The molecule has 1 aromatic heterocycles. The molecule has 1 aromatic rings. The van der Waals surface area contributed by atoms with Gasteiger partial charge in [0.25, 0.3) is 5.91 Å². The van der Waals surface area contributed by atoms with E-state index in [0.29, 0.717) is 18.0 Å². The molecule has 2 N–H and O–H groups in total. The standard InChI is InChI=1S/C19H33N5OS.HI/c1-5-15(6-2)16-8-11-24(12-16)19(20-7-3)22-10-9-21-18(25)17-14(4)23-13-26-17;/h13,15-16H,5-12H2,1-4H3,(H,20,22)(H,21,25);1H. The van der Waals surface area contributed by atoms with Crippen LogP contribution >= 0.6 is 35.3 Å². The second-order valence-electron chi connectivity index (χ2n) is 6.83. The highest BCUT2D eigenvalue weighted by atomic mass is 127. The number of rotatable bonds is 8. The highest BCUT2D eigenvalue weighted by molar-refractivity contribution is 14.0. The first-order valence-electron chi connectivity index (χ1n) is 9.82. The predicted molar refractivity (Wildman–Crippen MR) is 124 cm³/mol. The maximum atomic E-state index is 12.1. The van der Waals surface area contributed by atoms with E-state index in [1.54, 1.807) is 5.51 Å². The van der Waals surface area contributed by atoms with Crippen LogP contribution in [0.4, 0.5) is 0 Å². The summed E-state index contributed by atoms with van der Waals surface area (Å²) < 4.78 is 0. The number of aryl methyl sites for hydroxylation is 1. The number of amides is 1. The molecular weight excluding hydrogens is 473 g/mol. The number of thiazole rings is 1. The summed E-state index contributed by atoms with van der Waals surface area (Å²) in [7, 11) is 0. The van der Waals surface area contributed by atoms with Gasteiger partial charge in [0.15, 0.2) is 5.96 Å². The SMILES string of the molecule is CCNC(=NCCNC(=O)c1scnc1C)N1CCC(C(CC)CC)C1.I. The maximum absolute atomic E-state index is 12.1. The Labute approximate surface area is 184 Å². The zero-order chi connectivity index (χ0) is 18.9. The highest BCUT2D eigenvalue weighted by Gasteiger charge is 2.29. The highest BCUT2D eigenvalue weighted by Crippen LogP contribution is 2.28. The molecule has 1 saturated heterocycles. The van der Waals surface area contributed by atoms with Crippen LogP contribution in [0.3, 0.4) is 0 Å². The van der Waals surface area contributed by atoms with Gasteiger partial charge in [0.1, 0.15) is 4.88 Å². The first-order valence-corrected chi connectivity index (χ1v) is 10.7. The van der Waals surface area contributed by atoms with Gasteiger partial charge in [-0.3, -0.25) is 9.79 Å². The number of aromatic nitrogens is 1. The van der Waals surface area contributed by atoms with Crippen LogP contribution in [0.15, 0.2) is 10.5 Å². The third-order valence-electron chi connectivity index (χ3n) is 5.19. The summed E-state index contributed by atoms with van der Waals surface area (Å²) in [6.45, 7) is 12.7. The van der Waals surface area contributed by atoms with Crippen molar-refractivity contribution in [3.8, 4) is 0 Å². The average Bonchev–Trinajstić information content (AvgIpc) is 3.28. The molecule has 154 valence electrons. The normalized spacial score (nSPS) is 17.1. The van der Waals surface area contributed by atoms with E-state index in [1.807, 2.05) is 6.92 Å². The van der Waals surface area contributed by atoms with Gasteiger partial charge in [0, 0.05) is 26.2 Å². The van der Waals surface area contributed by atoms with Gasteiger partial charge in [0.05, 0.1) is 17.7 Å². The molecule has 1 aliphatic rings. The maximum Gasteiger partial charge on any atom is 0.263 e. The van der Waals surface area contributed by atoms with Crippen molar-refractivity contribution < 1.29 is 4.79 Å². The van der Waals surface area contributed by atoms with Gasteiger partial charge in [-0.25, -0.2) is 4.98 Å². The smallest absolute Gasteiger partial charge is 0.263 e. The predicted octanol–water partition coefficient (Wildman–Crippen LogP) is 3.52. The second kappa shape index (κ2) is 12.5. The largest absolute Gasteiger partial charge is 0.357 e. The van der Waals surface area contributed by atoms with Crippen molar-refractivity contribution in [1.82, 2.24) is 20.5 Å². The molecular formula is C19H34IN5OS. The Bertz CT molecular complexity index is 603. The average molecular weight is 507 g/mol. The number of halogens is 1. The van der Waals surface area contributed by atoms with Gasteiger partial charge in [-0.1, -0.05) is 26.7 Å². The van der Waals surface area contributed by atoms with Crippen LogP contribution in [0.1, 0.15) is 55.4 Å². The number of likely N-dealkylation sites (tertiary alicyclic amines) is 1. The first kappa shape index (κ1) is 24.1. The summed E-state index contributed by atoms with van der Waals surface area (Å²) in [5.41, 5.74) is 2.49. The number of carbonyl (C=O) groups is 1. The molecule has 2 rings (SSSR count).